The molecule has 2 aliphatic heterocycles. The molecule has 3 nitrogen and oxygen atoms in total. The molecule has 1 N–H and O–H groups in total. The number of carbonyl (C=O) groups is 1. The maximum absolute atomic E-state index is 12.3. The topological polar surface area (TPSA) is 38.3 Å². The van der Waals surface area contributed by atoms with Crippen molar-refractivity contribution in [2.45, 2.75) is 12.8 Å². The number of fused-ring (bicyclic) bond motifs is 1. The molecular formula is C13H15NO2. The molecule has 1 fully saturated rings. The lowest BCUT2D eigenvalue weighted by Gasteiger charge is -2.10. The molecule has 0 spiro atoms. The number of rotatable bonds is 2. The highest BCUT2D eigenvalue weighted by molar-refractivity contribution is 6.01. The van der Waals surface area contributed by atoms with Crippen LogP contribution in [0.3, 0.4) is 0 Å². The summed E-state index contributed by atoms with van der Waals surface area (Å²) in [6, 6.07) is 5.90. The molecule has 2 aliphatic rings. The fourth-order valence-corrected chi connectivity index (χ4v) is 2.51. The van der Waals surface area contributed by atoms with E-state index in [-0.39, 0.29) is 11.7 Å². The summed E-state index contributed by atoms with van der Waals surface area (Å²) in [5, 5.41) is 3.23. The Labute approximate surface area is 94.8 Å². The Bertz CT molecular complexity index is 422. The zero-order valence-corrected chi connectivity index (χ0v) is 9.16. The van der Waals surface area contributed by atoms with Crippen LogP contribution in [0.15, 0.2) is 18.2 Å². The second-order valence-corrected chi connectivity index (χ2v) is 4.45. The number of para-hydroxylation sites is 1. The predicted molar refractivity (Wildman–Crippen MR) is 60.9 cm³/mol. The quantitative estimate of drug-likeness (QED) is 0.761. The molecule has 1 aromatic rings. The van der Waals surface area contributed by atoms with E-state index in [9.17, 15) is 4.79 Å². The molecule has 0 radical (unpaired) electrons. The van der Waals surface area contributed by atoms with Crippen LogP contribution in [0.25, 0.3) is 0 Å². The van der Waals surface area contributed by atoms with Crippen LogP contribution in [0.1, 0.15) is 22.3 Å². The van der Waals surface area contributed by atoms with Crippen LogP contribution in [0, 0.1) is 5.92 Å². The van der Waals surface area contributed by atoms with Crippen LogP contribution in [-0.4, -0.2) is 25.5 Å². The van der Waals surface area contributed by atoms with Gasteiger partial charge in [-0.2, -0.15) is 0 Å². The first kappa shape index (κ1) is 9.85. The number of ketones is 1. The Hall–Kier alpha value is -1.35. The van der Waals surface area contributed by atoms with E-state index >= 15 is 0 Å². The lowest BCUT2D eigenvalue weighted by atomic mass is 9.95. The van der Waals surface area contributed by atoms with Gasteiger partial charge in [0, 0.05) is 18.9 Å². The van der Waals surface area contributed by atoms with Gasteiger partial charge in [0.1, 0.15) is 5.75 Å². The molecule has 3 heteroatoms. The summed E-state index contributed by atoms with van der Waals surface area (Å²) < 4.78 is 5.57. The first-order chi connectivity index (χ1) is 7.86. The van der Waals surface area contributed by atoms with Crippen LogP contribution in [0.5, 0.6) is 5.75 Å². The standard InChI is InChI=1S/C13H15NO2/c15-12(10-4-6-14-8-10)11-3-1-2-9-5-7-16-13(9)11/h1-3,10,14H,4-8H2. The van der Waals surface area contributed by atoms with Crippen LogP contribution >= 0.6 is 0 Å². The molecule has 0 aliphatic carbocycles. The minimum Gasteiger partial charge on any atom is -0.492 e. The van der Waals surface area contributed by atoms with Gasteiger partial charge < -0.3 is 10.1 Å². The van der Waals surface area contributed by atoms with Gasteiger partial charge in [-0.3, -0.25) is 4.79 Å². The van der Waals surface area contributed by atoms with Crippen molar-refractivity contribution in [2.24, 2.45) is 5.92 Å². The average Bonchev–Trinajstić information content (AvgIpc) is 2.98. The van der Waals surface area contributed by atoms with Crippen LogP contribution in [-0.2, 0) is 6.42 Å². The van der Waals surface area contributed by atoms with Gasteiger partial charge in [0.2, 0.25) is 0 Å². The second kappa shape index (κ2) is 3.91. The number of Topliss-reactive ketones (excluding diaryl/α,β-unsaturated/α-hetero) is 1. The third kappa shape index (κ3) is 1.52. The molecule has 1 aromatic carbocycles. The molecule has 16 heavy (non-hydrogen) atoms. The molecule has 84 valence electrons. The number of hydrogen-bond acceptors (Lipinski definition) is 3. The largest absolute Gasteiger partial charge is 0.492 e. The van der Waals surface area contributed by atoms with Crippen molar-refractivity contribution in [3.05, 3.63) is 29.3 Å². The maximum atomic E-state index is 12.3. The van der Waals surface area contributed by atoms with Gasteiger partial charge in [0.15, 0.2) is 5.78 Å². The monoisotopic (exact) mass is 217 g/mol. The second-order valence-electron chi connectivity index (χ2n) is 4.45. The molecule has 0 saturated carbocycles. The van der Waals surface area contributed by atoms with Crippen LogP contribution in [0.2, 0.25) is 0 Å². The molecule has 0 bridgehead atoms. The summed E-state index contributed by atoms with van der Waals surface area (Å²) in [5.74, 6) is 1.21. The third-order valence-corrected chi connectivity index (χ3v) is 3.41. The molecule has 1 unspecified atom stereocenters. The van der Waals surface area contributed by atoms with Gasteiger partial charge in [-0.15, -0.1) is 0 Å². The zero-order valence-electron chi connectivity index (χ0n) is 9.16. The van der Waals surface area contributed by atoms with Crippen molar-refractivity contribution in [3.8, 4) is 5.75 Å². The van der Waals surface area contributed by atoms with Crippen molar-refractivity contribution < 1.29 is 9.53 Å². The first-order valence-corrected chi connectivity index (χ1v) is 5.86. The number of benzene rings is 1. The smallest absolute Gasteiger partial charge is 0.170 e. The van der Waals surface area contributed by atoms with Gasteiger partial charge in [-0.05, 0) is 24.6 Å². The van der Waals surface area contributed by atoms with E-state index in [4.69, 9.17) is 4.74 Å². The Balaban J connectivity index is 1.94. The number of hydrogen-bond donors (Lipinski definition) is 1. The molecule has 1 saturated heterocycles. The molecule has 3 rings (SSSR count). The summed E-state index contributed by atoms with van der Waals surface area (Å²) in [6.07, 6.45) is 1.88. The highest BCUT2D eigenvalue weighted by atomic mass is 16.5. The van der Waals surface area contributed by atoms with Crippen LogP contribution in [0.4, 0.5) is 0 Å². The van der Waals surface area contributed by atoms with Crippen LogP contribution < -0.4 is 10.1 Å². The van der Waals surface area contributed by atoms with Gasteiger partial charge >= 0.3 is 0 Å². The summed E-state index contributed by atoms with van der Waals surface area (Å²) in [7, 11) is 0. The van der Waals surface area contributed by atoms with Crippen molar-refractivity contribution in [1.29, 1.82) is 0 Å². The molecule has 1 atom stereocenters. The lowest BCUT2D eigenvalue weighted by Crippen LogP contribution is -2.18. The molecular weight excluding hydrogens is 202 g/mol. The van der Waals surface area contributed by atoms with E-state index < -0.39 is 0 Å². The van der Waals surface area contributed by atoms with Crippen molar-refractivity contribution in [3.63, 3.8) is 0 Å². The number of nitrogens with one attached hydrogen (secondary N) is 1. The number of ether oxygens (including phenoxy) is 1. The fraction of sp³-hybridized carbons (Fsp3) is 0.462. The predicted octanol–water partition coefficient (Wildman–Crippen LogP) is 1.41. The number of carbonyl (C=O) groups excluding carboxylic acids is 1. The van der Waals surface area contributed by atoms with E-state index in [0.29, 0.717) is 6.61 Å². The highest BCUT2D eigenvalue weighted by Crippen LogP contribution is 2.31. The fourth-order valence-electron chi connectivity index (χ4n) is 2.51. The Kier molecular flexibility index (Phi) is 2.40. The van der Waals surface area contributed by atoms with E-state index in [1.807, 2.05) is 18.2 Å². The van der Waals surface area contributed by atoms with E-state index in [2.05, 4.69) is 5.32 Å². The lowest BCUT2D eigenvalue weighted by molar-refractivity contribution is 0.0927. The Morgan fingerprint density at radius 2 is 2.38 bits per heavy atom. The highest BCUT2D eigenvalue weighted by Gasteiger charge is 2.28. The normalized spacial score (nSPS) is 22.9. The van der Waals surface area contributed by atoms with Gasteiger partial charge in [-0.1, -0.05) is 12.1 Å². The van der Waals surface area contributed by atoms with E-state index in [1.54, 1.807) is 0 Å². The van der Waals surface area contributed by atoms with Gasteiger partial charge in [0.05, 0.1) is 12.2 Å². The van der Waals surface area contributed by atoms with Crippen molar-refractivity contribution in [1.82, 2.24) is 5.32 Å². The van der Waals surface area contributed by atoms with Crippen molar-refractivity contribution >= 4 is 5.78 Å². The Morgan fingerprint density at radius 1 is 1.44 bits per heavy atom. The molecule has 0 amide bonds. The minimum absolute atomic E-state index is 0.135. The van der Waals surface area contributed by atoms with Gasteiger partial charge in [-0.25, -0.2) is 0 Å². The van der Waals surface area contributed by atoms with Crippen molar-refractivity contribution in [2.75, 3.05) is 19.7 Å². The third-order valence-electron chi connectivity index (χ3n) is 3.41. The minimum atomic E-state index is 0.135. The summed E-state index contributed by atoms with van der Waals surface area (Å²) >= 11 is 0. The average molecular weight is 217 g/mol. The van der Waals surface area contributed by atoms with E-state index in [0.717, 1.165) is 37.2 Å². The zero-order chi connectivity index (χ0) is 11.0. The molecule has 0 aromatic heterocycles. The summed E-state index contributed by atoms with van der Waals surface area (Å²) in [6.45, 7) is 2.47. The Morgan fingerprint density at radius 3 is 3.19 bits per heavy atom. The first-order valence-electron chi connectivity index (χ1n) is 5.86. The van der Waals surface area contributed by atoms with Gasteiger partial charge in [0.25, 0.3) is 0 Å². The maximum Gasteiger partial charge on any atom is 0.170 e. The summed E-state index contributed by atoms with van der Waals surface area (Å²) in [5.41, 5.74) is 1.96. The van der Waals surface area contributed by atoms with E-state index in [1.165, 1.54) is 5.56 Å². The summed E-state index contributed by atoms with van der Waals surface area (Å²) in [4.78, 5) is 12.3. The SMILES string of the molecule is O=C(c1cccc2c1OCC2)C1CCNC1. The molecule has 2 heterocycles.